The number of hydrogen-bond donors (Lipinski definition) is 1. The van der Waals surface area contributed by atoms with E-state index in [1.807, 2.05) is 6.92 Å². The van der Waals surface area contributed by atoms with Crippen molar-refractivity contribution >= 4 is 0 Å². The van der Waals surface area contributed by atoms with Crippen molar-refractivity contribution in [3.8, 4) is 0 Å². The van der Waals surface area contributed by atoms with Crippen LogP contribution in [0.15, 0.2) is 0 Å². The molecule has 17 heavy (non-hydrogen) atoms. The Labute approximate surface area is 104 Å². The van der Waals surface area contributed by atoms with E-state index in [9.17, 15) is 0 Å². The zero-order valence-corrected chi connectivity index (χ0v) is 11.2. The molecule has 1 N–H and O–H groups in total. The van der Waals surface area contributed by atoms with E-state index in [4.69, 9.17) is 24.1 Å². The molecule has 2 atom stereocenters. The van der Waals surface area contributed by atoms with Crippen LogP contribution in [0.4, 0.5) is 0 Å². The fraction of sp³-hybridized carbons (Fsp3) is 1.00. The molecule has 2 unspecified atom stereocenters. The van der Waals surface area contributed by atoms with Gasteiger partial charge in [-0.1, -0.05) is 0 Å². The van der Waals surface area contributed by atoms with Crippen molar-refractivity contribution < 1.29 is 24.1 Å². The quantitative estimate of drug-likeness (QED) is 0.520. The number of hydrogen-bond acceptors (Lipinski definition) is 5. The lowest BCUT2D eigenvalue weighted by atomic mass is 10.2. The molecule has 0 saturated heterocycles. The summed E-state index contributed by atoms with van der Waals surface area (Å²) >= 11 is 0. The average Bonchev–Trinajstić information content (AvgIpc) is 2.26. The fourth-order valence-corrected chi connectivity index (χ4v) is 1.32. The maximum absolute atomic E-state index is 9.13. The fourth-order valence-electron chi connectivity index (χ4n) is 1.32. The first-order valence-electron chi connectivity index (χ1n) is 6.11. The molecule has 0 amide bonds. The van der Waals surface area contributed by atoms with E-state index in [0.717, 1.165) is 0 Å². The summed E-state index contributed by atoms with van der Waals surface area (Å²) in [6.07, 6.45) is 0.400. The summed E-state index contributed by atoms with van der Waals surface area (Å²) in [6.45, 7) is 7.16. The van der Waals surface area contributed by atoms with E-state index in [0.29, 0.717) is 46.1 Å². The third kappa shape index (κ3) is 13.7. The van der Waals surface area contributed by atoms with Crippen LogP contribution < -0.4 is 0 Å². The second-order valence-electron chi connectivity index (χ2n) is 3.98. The normalized spacial score (nSPS) is 14.8. The van der Waals surface area contributed by atoms with Gasteiger partial charge in [0.1, 0.15) is 0 Å². The van der Waals surface area contributed by atoms with E-state index < -0.39 is 0 Å². The van der Waals surface area contributed by atoms with E-state index in [1.165, 1.54) is 0 Å². The minimum atomic E-state index is -0.319. The SMILES string of the molecule is COCCOCCOCCOC(C)CC(C)O. The number of ether oxygens (including phenoxy) is 4. The Hall–Kier alpha value is -0.200. The van der Waals surface area contributed by atoms with Gasteiger partial charge in [-0.2, -0.15) is 0 Å². The van der Waals surface area contributed by atoms with Gasteiger partial charge in [-0.25, -0.2) is 0 Å². The molecule has 104 valence electrons. The van der Waals surface area contributed by atoms with Crippen LogP contribution in [0.2, 0.25) is 0 Å². The molecule has 0 aromatic rings. The average molecular weight is 250 g/mol. The van der Waals surface area contributed by atoms with Gasteiger partial charge < -0.3 is 24.1 Å². The zero-order chi connectivity index (χ0) is 12.9. The van der Waals surface area contributed by atoms with Gasteiger partial charge in [0.2, 0.25) is 0 Å². The molecule has 0 radical (unpaired) electrons. The van der Waals surface area contributed by atoms with Gasteiger partial charge in [-0.15, -0.1) is 0 Å². The second kappa shape index (κ2) is 12.3. The second-order valence-corrected chi connectivity index (χ2v) is 3.98. The molecule has 0 aromatic heterocycles. The molecule has 0 rings (SSSR count). The highest BCUT2D eigenvalue weighted by Gasteiger charge is 2.05. The summed E-state index contributed by atoms with van der Waals surface area (Å²) in [5.41, 5.74) is 0. The van der Waals surface area contributed by atoms with Gasteiger partial charge in [0, 0.05) is 7.11 Å². The van der Waals surface area contributed by atoms with E-state index in [2.05, 4.69) is 0 Å². The molecule has 0 heterocycles. The summed E-state index contributed by atoms with van der Waals surface area (Å²) in [7, 11) is 1.64. The van der Waals surface area contributed by atoms with Crippen molar-refractivity contribution in [1.82, 2.24) is 0 Å². The Morgan fingerprint density at radius 1 is 0.882 bits per heavy atom. The Morgan fingerprint density at radius 3 is 1.94 bits per heavy atom. The van der Waals surface area contributed by atoms with Crippen molar-refractivity contribution in [1.29, 1.82) is 0 Å². The molecular weight excluding hydrogens is 224 g/mol. The third-order valence-electron chi connectivity index (χ3n) is 2.11. The molecule has 0 aliphatic carbocycles. The Bertz CT molecular complexity index is 152. The van der Waals surface area contributed by atoms with Crippen LogP contribution in [0.5, 0.6) is 0 Å². The topological polar surface area (TPSA) is 57.2 Å². The lowest BCUT2D eigenvalue weighted by molar-refractivity contribution is -0.0221. The van der Waals surface area contributed by atoms with E-state index in [1.54, 1.807) is 14.0 Å². The van der Waals surface area contributed by atoms with Crippen LogP contribution >= 0.6 is 0 Å². The first kappa shape index (κ1) is 16.8. The maximum atomic E-state index is 9.13. The molecular formula is C12H26O5. The Balaban J connectivity index is 3.07. The highest BCUT2D eigenvalue weighted by Crippen LogP contribution is 2.01. The van der Waals surface area contributed by atoms with Gasteiger partial charge >= 0.3 is 0 Å². The standard InChI is InChI=1S/C12H26O5/c1-11(13)10-12(2)17-9-8-16-7-6-15-5-4-14-3/h11-13H,4-10H2,1-3H3. The minimum absolute atomic E-state index is 0.0663. The summed E-state index contributed by atoms with van der Waals surface area (Å²) in [5.74, 6) is 0. The number of rotatable bonds is 12. The van der Waals surface area contributed by atoms with Crippen molar-refractivity contribution in [2.75, 3.05) is 46.8 Å². The first-order chi connectivity index (χ1) is 8.16. The molecule has 0 bridgehead atoms. The molecule has 0 spiro atoms. The van der Waals surface area contributed by atoms with Gasteiger partial charge in [0.15, 0.2) is 0 Å². The smallest absolute Gasteiger partial charge is 0.0704 e. The number of methoxy groups -OCH3 is 1. The molecule has 0 aromatic carbocycles. The van der Waals surface area contributed by atoms with Gasteiger partial charge in [0.25, 0.3) is 0 Å². The highest BCUT2D eigenvalue weighted by atomic mass is 16.6. The van der Waals surface area contributed by atoms with E-state index >= 15 is 0 Å². The van der Waals surface area contributed by atoms with Crippen LogP contribution in [-0.2, 0) is 18.9 Å². The summed E-state index contributed by atoms with van der Waals surface area (Å²) < 4.78 is 20.8. The Kier molecular flexibility index (Phi) is 12.1. The maximum Gasteiger partial charge on any atom is 0.0704 e. The van der Waals surface area contributed by atoms with Crippen LogP contribution in [0.25, 0.3) is 0 Å². The highest BCUT2D eigenvalue weighted by molar-refractivity contribution is 4.55. The van der Waals surface area contributed by atoms with Crippen molar-refractivity contribution in [3.63, 3.8) is 0 Å². The monoisotopic (exact) mass is 250 g/mol. The lowest BCUT2D eigenvalue weighted by Crippen LogP contribution is -2.18. The molecule has 5 nitrogen and oxygen atoms in total. The van der Waals surface area contributed by atoms with Gasteiger partial charge in [-0.05, 0) is 20.3 Å². The molecule has 5 heteroatoms. The summed E-state index contributed by atoms with van der Waals surface area (Å²) in [4.78, 5) is 0. The number of aliphatic hydroxyl groups excluding tert-OH is 1. The van der Waals surface area contributed by atoms with Crippen molar-refractivity contribution in [2.45, 2.75) is 32.5 Å². The van der Waals surface area contributed by atoms with Crippen LogP contribution in [0, 0.1) is 0 Å². The summed E-state index contributed by atoms with van der Waals surface area (Å²) in [6, 6.07) is 0. The van der Waals surface area contributed by atoms with E-state index in [-0.39, 0.29) is 12.2 Å². The Morgan fingerprint density at radius 2 is 1.41 bits per heavy atom. The van der Waals surface area contributed by atoms with Gasteiger partial charge in [-0.3, -0.25) is 0 Å². The first-order valence-corrected chi connectivity index (χ1v) is 6.11. The summed E-state index contributed by atoms with van der Waals surface area (Å²) in [5, 5.41) is 9.13. The third-order valence-corrected chi connectivity index (χ3v) is 2.11. The van der Waals surface area contributed by atoms with Crippen LogP contribution in [0.3, 0.4) is 0 Å². The van der Waals surface area contributed by atoms with Gasteiger partial charge in [0.05, 0.1) is 51.8 Å². The molecule has 0 saturated carbocycles. The largest absolute Gasteiger partial charge is 0.393 e. The zero-order valence-electron chi connectivity index (χ0n) is 11.2. The predicted molar refractivity (Wildman–Crippen MR) is 65.2 cm³/mol. The number of aliphatic hydroxyl groups is 1. The minimum Gasteiger partial charge on any atom is -0.393 e. The molecule has 0 aliphatic heterocycles. The predicted octanol–water partition coefficient (Wildman–Crippen LogP) is 0.842. The van der Waals surface area contributed by atoms with Crippen molar-refractivity contribution in [3.05, 3.63) is 0 Å². The van der Waals surface area contributed by atoms with Crippen molar-refractivity contribution in [2.24, 2.45) is 0 Å². The van der Waals surface area contributed by atoms with Crippen LogP contribution in [0.1, 0.15) is 20.3 Å². The lowest BCUT2D eigenvalue weighted by Gasteiger charge is -2.14. The van der Waals surface area contributed by atoms with Crippen LogP contribution in [-0.4, -0.2) is 64.1 Å². The molecule has 0 fully saturated rings. The molecule has 0 aliphatic rings.